The topological polar surface area (TPSA) is 129 Å². The lowest BCUT2D eigenvalue weighted by molar-refractivity contribution is -0.141. The van der Waals surface area contributed by atoms with E-state index in [1.54, 1.807) is 53.5 Å². The number of rotatable bonds is 8. The molecule has 0 bridgehead atoms. The summed E-state index contributed by atoms with van der Waals surface area (Å²) in [6, 6.07) is 26.0. The van der Waals surface area contributed by atoms with Crippen molar-refractivity contribution in [2.24, 2.45) is 5.92 Å². The standard InChI is InChI=1S/C33H29N5O5/c1-37(30(39)18-21-7-12-28-29(17-21)43-33(36-28)35-24-5-3-2-4-6-24)25-10-8-22(9-11-25)26-19-38(20-27(26)32(41)42)31(40)23-13-15-34-16-14-23/h2-17,26-27H,18-20H2,1H3,(H,35,36)(H,41,42). The number of benzene rings is 3. The highest BCUT2D eigenvalue weighted by molar-refractivity contribution is 5.95. The van der Waals surface area contributed by atoms with Gasteiger partial charge >= 0.3 is 5.97 Å². The third-order valence-corrected chi connectivity index (χ3v) is 7.77. The van der Waals surface area contributed by atoms with E-state index in [-0.39, 0.29) is 30.7 Å². The quantitative estimate of drug-likeness (QED) is 0.261. The molecule has 2 atom stereocenters. The summed E-state index contributed by atoms with van der Waals surface area (Å²) in [7, 11) is 1.71. The molecule has 0 spiro atoms. The minimum atomic E-state index is -0.946. The number of nitrogens with one attached hydrogen (secondary N) is 1. The Hall–Kier alpha value is -5.51. The Bertz CT molecular complexity index is 1770. The Labute approximate surface area is 247 Å². The van der Waals surface area contributed by atoms with Gasteiger partial charge in [-0.2, -0.15) is 4.98 Å². The fourth-order valence-electron chi connectivity index (χ4n) is 5.39. The molecule has 10 nitrogen and oxygen atoms in total. The predicted octanol–water partition coefficient (Wildman–Crippen LogP) is 5.11. The molecule has 2 N–H and O–H groups in total. The summed E-state index contributed by atoms with van der Waals surface area (Å²) in [6.45, 7) is 0.416. The summed E-state index contributed by atoms with van der Waals surface area (Å²) >= 11 is 0. The first-order valence-electron chi connectivity index (χ1n) is 13.9. The molecule has 216 valence electrons. The zero-order valence-electron chi connectivity index (χ0n) is 23.4. The van der Waals surface area contributed by atoms with E-state index in [4.69, 9.17) is 4.42 Å². The van der Waals surface area contributed by atoms with Crippen molar-refractivity contribution in [1.29, 1.82) is 0 Å². The first-order valence-corrected chi connectivity index (χ1v) is 13.9. The second-order valence-corrected chi connectivity index (χ2v) is 10.5. The van der Waals surface area contributed by atoms with Crippen LogP contribution in [0.3, 0.4) is 0 Å². The van der Waals surface area contributed by atoms with Crippen LogP contribution in [0.4, 0.5) is 17.4 Å². The summed E-state index contributed by atoms with van der Waals surface area (Å²) < 4.78 is 5.86. The molecule has 43 heavy (non-hydrogen) atoms. The van der Waals surface area contributed by atoms with Crippen LogP contribution in [-0.2, 0) is 16.0 Å². The van der Waals surface area contributed by atoms with Gasteiger partial charge in [-0.25, -0.2) is 0 Å². The molecule has 0 aliphatic carbocycles. The molecule has 2 aromatic heterocycles. The fraction of sp³-hybridized carbons (Fsp3) is 0.182. The van der Waals surface area contributed by atoms with Crippen molar-refractivity contribution in [3.8, 4) is 0 Å². The number of pyridine rings is 1. The molecule has 3 heterocycles. The number of carbonyl (C=O) groups is 3. The van der Waals surface area contributed by atoms with Crippen molar-refractivity contribution in [3.05, 3.63) is 114 Å². The Morgan fingerprint density at radius 1 is 0.977 bits per heavy atom. The molecule has 2 unspecified atom stereocenters. The lowest BCUT2D eigenvalue weighted by Crippen LogP contribution is -2.29. The number of fused-ring (bicyclic) bond motifs is 1. The number of amides is 2. The molecule has 1 saturated heterocycles. The van der Waals surface area contributed by atoms with E-state index in [0.29, 0.717) is 34.9 Å². The highest BCUT2D eigenvalue weighted by Gasteiger charge is 2.40. The van der Waals surface area contributed by atoms with Crippen LogP contribution in [0.2, 0.25) is 0 Å². The van der Waals surface area contributed by atoms with Crippen LogP contribution < -0.4 is 10.2 Å². The summed E-state index contributed by atoms with van der Waals surface area (Å²) in [5.41, 5.74) is 4.87. The molecule has 6 rings (SSSR count). The van der Waals surface area contributed by atoms with Gasteiger partial charge in [0.15, 0.2) is 5.58 Å². The number of carboxylic acid groups (broad SMARTS) is 1. The zero-order chi connectivity index (χ0) is 29.9. The molecule has 1 aliphatic rings. The summed E-state index contributed by atoms with van der Waals surface area (Å²) in [5.74, 6) is -2.38. The third kappa shape index (κ3) is 5.94. The number of hydrogen-bond donors (Lipinski definition) is 2. The van der Waals surface area contributed by atoms with Crippen molar-refractivity contribution in [2.45, 2.75) is 12.3 Å². The van der Waals surface area contributed by atoms with Gasteiger partial charge in [0.25, 0.3) is 11.9 Å². The molecule has 0 radical (unpaired) electrons. The maximum Gasteiger partial charge on any atom is 0.308 e. The van der Waals surface area contributed by atoms with E-state index in [1.807, 2.05) is 60.7 Å². The number of para-hydroxylation sites is 1. The van der Waals surface area contributed by atoms with Crippen molar-refractivity contribution >= 4 is 46.3 Å². The molecule has 1 aliphatic heterocycles. The van der Waals surface area contributed by atoms with E-state index in [1.165, 1.54) is 0 Å². The number of aromatic nitrogens is 2. The SMILES string of the molecule is CN(C(=O)Cc1ccc2nc(Nc3ccccc3)oc2c1)c1ccc(C2CN(C(=O)c3ccncc3)CC2C(=O)O)cc1. The van der Waals surface area contributed by atoms with Gasteiger partial charge in [-0.05, 0) is 59.7 Å². The first-order chi connectivity index (χ1) is 20.9. The van der Waals surface area contributed by atoms with Crippen molar-refractivity contribution in [1.82, 2.24) is 14.9 Å². The highest BCUT2D eigenvalue weighted by atomic mass is 16.4. The number of likely N-dealkylation sites (N-methyl/N-ethyl adjacent to an activating group) is 1. The van der Waals surface area contributed by atoms with E-state index in [2.05, 4.69) is 15.3 Å². The van der Waals surface area contributed by atoms with Gasteiger partial charge in [0.2, 0.25) is 5.91 Å². The molecular weight excluding hydrogens is 546 g/mol. The van der Waals surface area contributed by atoms with Crippen LogP contribution in [-0.4, -0.2) is 57.9 Å². The number of carbonyl (C=O) groups excluding carboxylic acids is 2. The lowest BCUT2D eigenvalue weighted by Gasteiger charge is -2.20. The number of likely N-dealkylation sites (tertiary alicyclic amines) is 1. The van der Waals surface area contributed by atoms with Gasteiger partial charge in [-0.1, -0.05) is 36.4 Å². The van der Waals surface area contributed by atoms with Gasteiger partial charge in [0.1, 0.15) is 5.52 Å². The summed E-state index contributed by atoms with van der Waals surface area (Å²) in [6.07, 6.45) is 3.24. The summed E-state index contributed by atoms with van der Waals surface area (Å²) in [5, 5.41) is 13.0. The van der Waals surface area contributed by atoms with Crippen LogP contribution in [0.25, 0.3) is 11.1 Å². The molecule has 5 aromatic rings. The Balaban J connectivity index is 1.12. The lowest BCUT2D eigenvalue weighted by atomic mass is 9.89. The number of oxazole rings is 1. The predicted molar refractivity (Wildman–Crippen MR) is 161 cm³/mol. The van der Waals surface area contributed by atoms with Gasteiger partial charge in [-0.15, -0.1) is 0 Å². The first kappa shape index (κ1) is 27.6. The number of nitrogens with zero attached hydrogens (tertiary/aromatic N) is 4. The van der Waals surface area contributed by atoms with E-state index in [9.17, 15) is 19.5 Å². The Morgan fingerprint density at radius 3 is 2.44 bits per heavy atom. The molecule has 0 saturated carbocycles. The maximum absolute atomic E-state index is 13.2. The largest absolute Gasteiger partial charge is 0.481 e. The monoisotopic (exact) mass is 575 g/mol. The Kier molecular flexibility index (Phi) is 7.57. The van der Waals surface area contributed by atoms with E-state index in [0.717, 1.165) is 16.8 Å². The molecular formula is C33H29N5O5. The maximum atomic E-state index is 13.2. The second kappa shape index (κ2) is 11.8. The van der Waals surface area contributed by atoms with Crippen LogP contribution in [0, 0.1) is 5.92 Å². The Morgan fingerprint density at radius 2 is 1.72 bits per heavy atom. The number of hydrogen-bond acceptors (Lipinski definition) is 7. The van der Waals surface area contributed by atoms with Crippen molar-refractivity contribution in [3.63, 3.8) is 0 Å². The van der Waals surface area contributed by atoms with Gasteiger partial charge < -0.3 is 24.6 Å². The average molecular weight is 576 g/mol. The van der Waals surface area contributed by atoms with Crippen molar-refractivity contribution < 1.29 is 23.9 Å². The van der Waals surface area contributed by atoms with E-state index < -0.39 is 11.9 Å². The van der Waals surface area contributed by atoms with Crippen LogP contribution in [0.5, 0.6) is 0 Å². The van der Waals surface area contributed by atoms with Gasteiger partial charge in [0, 0.05) is 55.4 Å². The highest BCUT2D eigenvalue weighted by Crippen LogP contribution is 2.35. The minimum absolute atomic E-state index is 0.118. The van der Waals surface area contributed by atoms with Crippen molar-refractivity contribution in [2.75, 3.05) is 30.4 Å². The number of aliphatic carboxylic acids is 1. The minimum Gasteiger partial charge on any atom is -0.481 e. The number of anilines is 3. The zero-order valence-corrected chi connectivity index (χ0v) is 23.4. The normalized spacial score (nSPS) is 16.3. The van der Waals surface area contributed by atoms with Crippen LogP contribution in [0.15, 0.2) is 102 Å². The summed E-state index contributed by atoms with van der Waals surface area (Å²) in [4.78, 5) is 49.8. The average Bonchev–Trinajstić information content (AvgIpc) is 3.66. The third-order valence-electron chi connectivity index (χ3n) is 7.77. The fourth-order valence-corrected chi connectivity index (χ4v) is 5.39. The van der Waals surface area contributed by atoms with Crippen LogP contribution >= 0.6 is 0 Å². The van der Waals surface area contributed by atoms with E-state index >= 15 is 0 Å². The molecule has 2 amide bonds. The molecule has 10 heteroatoms. The molecule has 3 aromatic carbocycles. The second-order valence-electron chi connectivity index (χ2n) is 10.5. The smallest absolute Gasteiger partial charge is 0.308 e. The number of carboxylic acids is 1. The van der Waals surface area contributed by atoms with Gasteiger partial charge in [0.05, 0.1) is 12.3 Å². The van der Waals surface area contributed by atoms with Gasteiger partial charge in [-0.3, -0.25) is 19.4 Å². The molecule has 1 fully saturated rings. The van der Waals surface area contributed by atoms with Crippen LogP contribution in [0.1, 0.15) is 27.4 Å².